The van der Waals surface area contributed by atoms with Gasteiger partial charge < -0.3 is 8.98 Å². The van der Waals surface area contributed by atoms with Gasteiger partial charge >= 0.3 is 0 Å². The van der Waals surface area contributed by atoms with Gasteiger partial charge in [0.05, 0.1) is 22.1 Å². The molecule has 0 saturated carbocycles. The average molecular weight is 596 g/mol. The Labute approximate surface area is 261 Å². The van der Waals surface area contributed by atoms with Crippen molar-refractivity contribution in [1.82, 2.24) is 14.5 Å². The van der Waals surface area contributed by atoms with Crippen LogP contribution < -0.4 is 0 Å². The van der Waals surface area contributed by atoms with E-state index in [4.69, 9.17) is 21.0 Å². The second kappa shape index (κ2) is 9.15. The largest absolute Gasteiger partial charge is 0.454 e. The summed E-state index contributed by atoms with van der Waals surface area (Å²) in [7, 11) is 0. The van der Waals surface area contributed by atoms with E-state index in [1.54, 1.807) is 0 Å². The summed E-state index contributed by atoms with van der Waals surface area (Å²) in [6, 6.07) is 46.3. The molecule has 0 radical (unpaired) electrons. The monoisotopic (exact) mass is 595 g/mol. The van der Waals surface area contributed by atoms with E-state index in [9.17, 15) is 0 Å². The third-order valence-electron chi connectivity index (χ3n) is 9.06. The summed E-state index contributed by atoms with van der Waals surface area (Å²) in [4.78, 5) is 9.44. The maximum absolute atomic E-state index is 6.87. The molecule has 3 heterocycles. The van der Waals surface area contributed by atoms with E-state index in [1.165, 1.54) is 32.3 Å². The Kier molecular flexibility index (Phi) is 5.02. The topological polar surface area (TPSA) is 43.9 Å². The minimum atomic E-state index is 0.390. The molecule has 0 aliphatic carbocycles. The molecule has 3 aromatic heterocycles. The molecular weight excluding hydrogens is 574 g/mol. The van der Waals surface area contributed by atoms with Crippen LogP contribution in [0.5, 0.6) is 0 Å². The molecule has 10 aromatic rings. The second-order valence-corrected chi connectivity index (χ2v) is 11.8. The van der Waals surface area contributed by atoms with Crippen molar-refractivity contribution in [3.05, 3.63) is 139 Å². The first-order valence-electron chi connectivity index (χ1n) is 15.0. The highest BCUT2D eigenvalue weighted by Crippen LogP contribution is 2.47. The molecule has 10 rings (SSSR count). The predicted octanol–water partition coefficient (Wildman–Crippen LogP) is 11.3. The Morgan fingerprint density at radius 3 is 1.98 bits per heavy atom. The fourth-order valence-corrected chi connectivity index (χ4v) is 7.38. The van der Waals surface area contributed by atoms with Gasteiger partial charge in [-0.25, -0.2) is 9.97 Å². The van der Waals surface area contributed by atoms with Gasteiger partial charge in [0.2, 0.25) is 0 Å². The molecule has 0 N–H and O–H groups in total. The quantitative estimate of drug-likeness (QED) is 0.200. The number of rotatable bonds is 2. The van der Waals surface area contributed by atoms with Crippen LogP contribution in [-0.2, 0) is 0 Å². The Hall–Kier alpha value is -5.71. The summed E-state index contributed by atoms with van der Waals surface area (Å²) in [6.07, 6.45) is 0. The van der Waals surface area contributed by atoms with Crippen LogP contribution in [-0.4, -0.2) is 14.5 Å². The molecule has 0 aliphatic rings. The second-order valence-electron chi connectivity index (χ2n) is 11.5. The lowest BCUT2D eigenvalue weighted by atomic mass is 9.96. The van der Waals surface area contributed by atoms with Crippen LogP contribution in [0, 0.1) is 0 Å². The molecule has 4 nitrogen and oxygen atoms in total. The number of aromatic nitrogens is 3. The molecule has 0 spiro atoms. The normalized spacial score (nSPS) is 12.1. The number of halogens is 1. The first kappa shape index (κ1) is 24.7. The third kappa shape index (κ3) is 3.43. The van der Waals surface area contributed by atoms with Gasteiger partial charge in [-0.05, 0) is 57.9 Å². The van der Waals surface area contributed by atoms with E-state index in [2.05, 4.69) is 119 Å². The third-order valence-corrected chi connectivity index (χ3v) is 9.33. The summed E-state index contributed by atoms with van der Waals surface area (Å²) in [5.41, 5.74) is 8.15. The van der Waals surface area contributed by atoms with Crippen LogP contribution in [0.25, 0.3) is 93.3 Å². The fourth-order valence-electron chi connectivity index (χ4n) is 7.14. The van der Waals surface area contributed by atoms with E-state index in [0.29, 0.717) is 10.8 Å². The van der Waals surface area contributed by atoms with Gasteiger partial charge in [0.15, 0.2) is 10.7 Å². The Bertz CT molecular complexity index is 2830. The lowest BCUT2D eigenvalue weighted by Gasteiger charge is -2.11. The maximum Gasteiger partial charge on any atom is 0.160 e. The number of benzene rings is 7. The average Bonchev–Trinajstić information content (AvgIpc) is 3.65. The van der Waals surface area contributed by atoms with Crippen LogP contribution in [0.1, 0.15) is 0 Å². The molecule has 0 unspecified atom stereocenters. The summed E-state index contributed by atoms with van der Waals surface area (Å²) in [5, 5.41) is 9.84. The number of para-hydroxylation sites is 3. The van der Waals surface area contributed by atoms with Crippen molar-refractivity contribution >= 4 is 87.9 Å². The molecule has 0 fully saturated rings. The van der Waals surface area contributed by atoms with Gasteiger partial charge in [-0.2, -0.15) is 0 Å². The van der Waals surface area contributed by atoms with Crippen molar-refractivity contribution in [1.29, 1.82) is 0 Å². The van der Waals surface area contributed by atoms with Crippen LogP contribution in [0.4, 0.5) is 0 Å². The summed E-state index contributed by atoms with van der Waals surface area (Å²) in [6.45, 7) is 0. The lowest BCUT2D eigenvalue weighted by Crippen LogP contribution is -1.95. The molecular formula is C40H22ClN3O. The first-order chi connectivity index (χ1) is 22.2. The highest BCUT2D eigenvalue weighted by atomic mass is 35.5. The van der Waals surface area contributed by atoms with Crippen LogP contribution in [0.3, 0.4) is 0 Å². The molecule has 7 aromatic carbocycles. The smallest absolute Gasteiger partial charge is 0.160 e. The SMILES string of the molecule is Clc1nc2ccccc2nc1-c1ccc(-n2c3ccccc3c3c4ccccc4c4c(oc5ccc6ccccc6c54)c32)cc1. The van der Waals surface area contributed by atoms with Crippen molar-refractivity contribution < 1.29 is 4.42 Å². The number of fused-ring (bicyclic) bond motifs is 13. The molecule has 45 heavy (non-hydrogen) atoms. The summed E-state index contributed by atoms with van der Waals surface area (Å²) < 4.78 is 9.20. The highest BCUT2D eigenvalue weighted by Gasteiger charge is 2.23. The minimum Gasteiger partial charge on any atom is -0.454 e. The highest BCUT2D eigenvalue weighted by molar-refractivity contribution is 6.37. The molecule has 0 saturated heterocycles. The molecule has 5 heteroatoms. The standard InChI is InChI=1S/C40H22ClN3O/c41-40-37(42-30-14-6-7-15-31(30)43-40)24-17-20-25(21-18-24)44-32-16-8-5-13-29(32)34-27-11-3-4-12-28(27)36-35-26-10-2-1-9-23(26)19-22-33(35)45-39(36)38(34)44/h1-22H. The molecule has 210 valence electrons. The Morgan fingerprint density at radius 2 is 1.18 bits per heavy atom. The zero-order chi connectivity index (χ0) is 29.6. The van der Waals surface area contributed by atoms with Gasteiger partial charge in [0.1, 0.15) is 11.3 Å². The zero-order valence-corrected chi connectivity index (χ0v) is 24.6. The van der Waals surface area contributed by atoms with Gasteiger partial charge in [0, 0.05) is 32.8 Å². The van der Waals surface area contributed by atoms with Crippen molar-refractivity contribution in [2.24, 2.45) is 0 Å². The van der Waals surface area contributed by atoms with Crippen molar-refractivity contribution in [3.8, 4) is 16.9 Å². The van der Waals surface area contributed by atoms with Crippen molar-refractivity contribution in [2.45, 2.75) is 0 Å². The van der Waals surface area contributed by atoms with E-state index in [-0.39, 0.29) is 0 Å². The Balaban J connectivity index is 1.32. The molecule has 0 amide bonds. The van der Waals surface area contributed by atoms with E-state index >= 15 is 0 Å². The van der Waals surface area contributed by atoms with Gasteiger partial charge in [-0.3, -0.25) is 0 Å². The van der Waals surface area contributed by atoms with Crippen LogP contribution in [0.15, 0.2) is 138 Å². The molecule has 0 aliphatic heterocycles. The molecule has 0 bridgehead atoms. The maximum atomic E-state index is 6.87. The van der Waals surface area contributed by atoms with Crippen LogP contribution >= 0.6 is 11.6 Å². The lowest BCUT2D eigenvalue weighted by molar-refractivity contribution is 0.671. The van der Waals surface area contributed by atoms with E-state index in [0.717, 1.165) is 55.3 Å². The number of furan rings is 1. The van der Waals surface area contributed by atoms with Crippen molar-refractivity contribution in [3.63, 3.8) is 0 Å². The van der Waals surface area contributed by atoms with Gasteiger partial charge in [0.25, 0.3) is 0 Å². The van der Waals surface area contributed by atoms with Gasteiger partial charge in [-0.1, -0.05) is 109 Å². The van der Waals surface area contributed by atoms with Crippen molar-refractivity contribution in [2.75, 3.05) is 0 Å². The number of hydrogen-bond donors (Lipinski definition) is 0. The van der Waals surface area contributed by atoms with E-state index in [1.807, 2.05) is 24.3 Å². The first-order valence-corrected chi connectivity index (χ1v) is 15.3. The fraction of sp³-hybridized carbons (Fsp3) is 0. The molecule has 0 atom stereocenters. The predicted molar refractivity (Wildman–Crippen MR) is 187 cm³/mol. The minimum absolute atomic E-state index is 0.390. The summed E-state index contributed by atoms with van der Waals surface area (Å²) >= 11 is 6.64. The summed E-state index contributed by atoms with van der Waals surface area (Å²) in [5.74, 6) is 0. The Morgan fingerprint density at radius 1 is 0.533 bits per heavy atom. The zero-order valence-electron chi connectivity index (χ0n) is 23.8. The number of hydrogen-bond acceptors (Lipinski definition) is 3. The van der Waals surface area contributed by atoms with Crippen LogP contribution in [0.2, 0.25) is 5.15 Å². The number of nitrogens with zero attached hydrogens (tertiary/aromatic N) is 3. The van der Waals surface area contributed by atoms with E-state index < -0.39 is 0 Å². The van der Waals surface area contributed by atoms with Gasteiger partial charge in [-0.15, -0.1) is 0 Å².